The molecule has 0 spiro atoms. The summed E-state index contributed by atoms with van der Waals surface area (Å²) in [5.74, 6) is -2.26. The third kappa shape index (κ3) is 2.23. The Morgan fingerprint density at radius 2 is 2.14 bits per heavy atom. The fourth-order valence-electron chi connectivity index (χ4n) is 0.908. The highest BCUT2D eigenvalue weighted by molar-refractivity contribution is 9.10. The van der Waals surface area contributed by atoms with Crippen LogP contribution in [-0.4, -0.2) is 16.2 Å². The van der Waals surface area contributed by atoms with Crippen molar-refractivity contribution >= 4 is 33.5 Å². The SMILES string of the molecule is O=C(O)C(O)c1cc(Br)cc(F)c1Cl. The number of hydrogen-bond donors (Lipinski definition) is 2. The van der Waals surface area contributed by atoms with E-state index < -0.39 is 17.9 Å². The highest BCUT2D eigenvalue weighted by Crippen LogP contribution is 2.29. The molecule has 0 heterocycles. The summed E-state index contributed by atoms with van der Waals surface area (Å²) in [6, 6.07) is 2.34. The number of carbonyl (C=O) groups is 1. The van der Waals surface area contributed by atoms with Gasteiger partial charge in [0.15, 0.2) is 6.10 Å². The summed E-state index contributed by atoms with van der Waals surface area (Å²) in [6.07, 6.45) is -1.82. The molecule has 1 unspecified atom stereocenters. The monoisotopic (exact) mass is 282 g/mol. The molecular formula is C8H5BrClFO3. The van der Waals surface area contributed by atoms with E-state index in [4.69, 9.17) is 21.8 Å². The first-order valence-corrected chi connectivity index (χ1v) is 4.66. The maximum absolute atomic E-state index is 13.0. The second-order valence-electron chi connectivity index (χ2n) is 2.53. The third-order valence-electron chi connectivity index (χ3n) is 1.55. The van der Waals surface area contributed by atoms with Gasteiger partial charge in [0.2, 0.25) is 0 Å². The normalized spacial score (nSPS) is 12.6. The lowest BCUT2D eigenvalue weighted by molar-refractivity contribution is -0.146. The van der Waals surface area contributed by atoms with Crippen LogP contribution < -0.4 is 0 Å². The molecular weight excluding hydrogens is 278 g/mol. The Bertz CT molecular complexity index is 383. The van der Waals surface area contributed by atoms with Crippen LogP contribution in [0.25, 0.3) is 0 Å². The molecule has 1 aromatic carbocycles. The number of aliphatic hydroxyl groups excluding tert-OH is 1. The van der Waals surface area contributed by atoms with E-state index in [0.717, 1.165) is 6.07 Å². The molecule has 1 atom stereocenters. The number of hydrogen-bond acceptors (Lipinski definition) is 2. The van der Waals surface area contributed by atoms with Gasteiger partial charge in [-0.05, 0) is 12.1 Å². The quantitative estimate of drug-likeness (QED) is 0.819. The lowest BCUT2D eigenvalue weighted by Crippen LogP contribution is -2.11. The molecule has 1 rings (SSSR count). The van der Waals surface area contributed by atoms with Crippen LogP contribution in [0.2, 0.25) is 5.02 Å². The first-order valence-electron chi connectivity index (χ1n) is 3.48. The maximum atomic E-state index is 13.0. The van der Waals surface area contributed by atoms with Gasteiger partial charge in [-0.15, -0.1) is 0 Å². The van der Waals surface area contributed by atoms with Crippen LogP contribution in [0.4, 0.5) is 4.39 Å². The molecule has 1 aromatic rings. The Morgan fingerprint density at radius 1 is 1.57 bits per heavy atom. The van der Waals surface area contributed by atoms with Gasteiger partial charge in [0.1, 0.15) is 5.82 Å². The highest BCUT2D eigenvalue weighted by Gasteiger charge is 2.21. The lowest BCUT2D eigenvalue weighted by Gasteiger charge is -2.09. The van der Waals surface area contributed by atoms with E-state index >= 15 is 0 Å². The largest absolute Gasteiger partial charge is 0.479 e. The van der Waals surface area contributed by atoms with E-state index in [1.54, 1.807) is 0 Å². The van der Waals surface area contributed by atoms with Crippen molar-refractivity contribution in [1.29, 1.82) is 0 Å². The Morgan fingerprint density at radius 3 is 2.64 bits per heavy atom. The first-order chi connectivity index (χ1) is 6.43. The molecule has 0 fully saturated rings. The van der Waals surface area contributed by atoms with Gasteiger partial charge in [0.05, 0.1) is 5.02 Å². The molecule has 0 aromatic heterocycles. The van der Waals surface area contributed by atoms with E-state index in [2.05, 4.69) is 15.9 Å². The van der Waals surface area contributed by atoms with Crippen molar-refractivity contribution in [3.8, 4) is 0 Å². The third-order valence-corrected chi connectivity index (χ3v) is 2.41. The van der Waals surface area contributed by atoms with Gasteiger partial charge in [0, 0.05) is 10.0 Å². The van der Waals surface area contributed by atoms with E-state index in [9.17, 15) is 9.18 Å². The Labute approximate surface area is 92.2 Å². The second-order valence-corrected chi connectivity index (χ2v) is 3.83. The van der Waals surface area contributed by atoms with Crippen LogP contribution in [0, 0.1) is 5.82 Å². The van der Waals surface area contributed by atoms with Crippen LogP contribution in [0.5, 0.6) is 0 Å². The van der Waals surface area contributed by atoms with Gasteiger partial charge in [0.25, 0.3) is 0 Å². The molecule has 0 amide bonds. The van der Waals surface area contributed by atoms with E-state index in [-0.39, 0.29) is 10.6 Å². The standard InChI is InChI=1S/C8H5BrClFO3/c9-3-1-4(7(12)8(13)14)6(10)5(11)2-3/h1-2,7,12H,(H,13,14). The fraction of sp³-hybridized carbons (Fsp3) is 0.125. The first kappa shape index (κ1) is 11.4. The molecule has 0 saturated carbocycles. The van der Waals surface area contributed by atoms with E-state index in [1.807, 2.05) is 0 Å². The van der Waals surface area contributed by atoms with Gasteiger partial charge in [-0.25, -0.2) is 9.18 Å². The van der Waals surface area contributed by atoms with Gasteiger partial charge in [-0.3, -0.25) is 0 Å². The molecule has 0 aliphatic heterocycles. The molecule has 14 heavy (non-hydrogen) atoms. The molecule has 2 N–H and O–H groups in total. The summed E-state index contributed by atoms with van der Waals surface area (Å²) in [6.45, 7) is 0. The van der Waals surface area contributed by atoms with Crippen molar-refractivity contribution in [2.45, 2.75) is 6.10 Å². The van der Waals surface area contributed by atoms with Crippen molar-refractivity contribution in [1.82, 2.24) is 0 Å². The second kappa shape index (κ2) is 4.25. The summed E-state index contributed by atoms with van der Waals surface area (Å²) in [5.41, 5.74) is -0.175. The molecule has 0 aliphatic rings. The zero-order chi connectivity index (χ0) is 10.9. The molecule has 0 saturated heterocycles. The number of halogens is 3. The fourth-order valence-corrected chi connectivity index (χ4v) is 1.57. The van der Waals surface area contributed by atoms with Crippen molar-refractivity contribution in [2.24, 2.45) is 0 Å². The van der Waals surface area contributed by atoms with Crippen LogP contribution in [-0.2, 0) is 4.79 Å². The summed E-state index contributed by atoms with van der Waals surface area (Å²) in [7, 11) is 0. The average Bonchev–Trinajstić information content (AvgIpc) is 2.09. The molecule has 76 valence electrons. The molecule has 0 bridgehead atoms. The summed E-state index contributed by atoms with van der Waals surface area (Å²) >= 11 is 8.45. The number of aliphatic carboxylic acids is 1. The van der Waals surface area contributed by atoms with E-state index in [0.29, 0.717) is 4.47 Å². The zero-order valence-electron chi connectivity index (χ0n) is 6.67. The topological polar surface area (TPSA) is 57.5 Å². The number of aliphatic hydroxyl groups is 1. The van der Waals surface area contributed by atoms with Crippen molar-refractivity contribution in [3.05, 3.63) is 33.0 Å². The predicted octanol–water partition coefficient (Wildman–Crippen LogP) is 2.36. The average molecular weight is 283 g/mol. The molecule has 0 radical (unpaired) electrons. The molecule has 3 nitrogen and oxygen atoms in total. The minimum Gasteiger partial charge on any atom is -0.479 e. The molecule has 0 aliphatic carbocycles. The van der Waals surface area contributed by atoms with Gasteiger partial charge in [-0.2, -0.15) is 0 Å². The summed E-state index contributed by atoms with van der Waals surface area (Å²) in [4.78, 5) is 10.4. The number of benzene rings is 1. The summed E-state index contributed by atoms with van der Waals surface area (Å²) in [5, 5.41) is 17.3. The number of rotatable bonds is 2. The smallest absolute Gasteiger partial charge is 0.337 e. The Balaban J connectivity index is 3.26. The highest BCUT2D eigenvalue weighted by atomic mass is 79.9. The van der Waals surface area contributed by atoms with Crippen molar-refractivity contribution in [2.75, 3.05) is 0 Å². The minimum atomic E-state index is -1.82. The van der Waals surface area contributed by atoms with Gasteiger partial charge >= 0.3 is 5.97 Å². The Kier molecular flexibility index (Phi) is 3.47. The van der Waals surface area contributed by atoms with Gasteiger partial charge in [-0.1, -0.05) is 27.5 Å². The van der Waals surface area contributed by atoms with Crippen LogP contribution in [0.1, 0.15) is 11.7 Å². The van der Waals surface area contributed by atoms with Crippen molar-refractivity contribution < 1.29 is 19.4 Å². The lowest BCUT2D eigenvalue weighted by atomic mass is 10.1. The predicted molar refractivity (Wildman–Crippen MR) is 51.7 cm³/mol. The summed E-state index contributed by atoms with van der Waals surface area (Å²) < 4.78 is 13.3. The van der Waals surface area contributed by atoms with Gasteiger partial charge < -0.3 is 10.2 Å². The van der Waals surface area contributed by atoms with E-state index in [1.165, 1.54) is 6.07 Å². The number of carboxylic acid groups (broad SMARTS) is 1. The minimum absolute atomic E-state index is 0.175. The Hall–Kier alpha value is -0.650. The van der Waals surface area contributed by atoms with Crippen molar-refractivity contribution in [3.63, 3.8) is 0 Å². The maximum Gasteiger partial charge on any atom is 0.337 e. The van der Waals surface area contributed by atoms with Crippen LogP contribution in [0.15, 0.2) is 16.6 Å². The van der Waals surface area contributed by atoms with Crippen LogP contribution >= 0.6 is 27.5 Å². The number of carboxylic acids is 1. The zero-order valence-corrected chi connectivity index (χ0v) is 9.01. The van der Waals surface area contributed by atoms with Crippen LogP contribution in [0.3, 0.4) is 0 Å². The molecule has 6 heteroatoms.